The summed E-state index contributed by atoms with van der Waals surface area (Å²) in [7, 11) is 0. The molecule has 2 heterocycles. The van der Waals surface area contributed by atoms with Gasteiger partial charge in [-0.05, 0) is 41.8 Å². The summed E-state index contributed by atoms with van der Waals surface area (Å²) < 4.78 is 1.67. The maximum absolute atomic E-state index is 12.7. The van der Waals surface area contributed by atoms with Crippen molar-refractivity contribution in [2.45, 2.75) is 13.0 Å². The Morgan fingerprint density at radius 1 is 1.00 bits per heavy atom. The van der Waals surface area contributed by atoms with Crippen molar-refractivity contribution in [1.29, 1.82) is 0 Å². The lowest BCUT2D eigenvalue weighted by molar-refractivity contribution is 0.0734. The van der Waals surface area contributed by atoms with Gasteiger partial charge in [0.25, 0.3) is 5.91 Å². The van der Waals surface area contributed by atoms with Gasteiger partial charge in [-0.15, -0.1) is 0 Å². The largest absolute Gasteiger partial charge is 0.334 e. The van der Waals surface area contributed by atoms with Crippen LogP contribution in [0.5, 0.6) is 0 Å². The van der Waals surface area contributed by atoms with Crippen molar-refractivity contribution >= 4 is 5.91 Å². The molecule has 1 aliphatic heterocycles. The number of amides is 1. The maximum Gasteiger partial charge on any atom is 0.254 e. The minimum Gasteiger partial charge on any atom is -0.334 e. The first-order chi connectivity index (χ1) is 11.3. The first kappa shape index (κ1) is 13.7. The molecule has 0 saturated heterocycles. The Morgan fingerprint density at radius 3 is 2.52 bits per heavy atom. The van der Waals surface area contributed by atoms with Crippen molar-refractivity contribution in [3.05, 3.63) is 77.9 Å². The molecule has 0 N–H and O–H groups in total. The molecule has 0 unspecified atom stereocenters. The van der Waals surface area contributed by atoms with Crippen LogP contribution < -0.4 is 0 Å². The number of aromatic nitrogens is 3. The molecule has 1 aliphatic rings. The molecule has 5 heteroatoms. The van der Waals surface area contributed by atoms with Crippen LogP contribution in [0.1, 0.15) is 21.5 Å². The van der Waals surface area contributed by atoms with Crippen LogP contribution in [0.15, 0.2) is 61.2 Å². The highest BCUT2D eigenvalue weighted by atomic mass is 16.2. The minimum absolute atomic E-state index is 0.0737. The number of nitrogens with zero attached hydrogens (tertiary/aromatic N) is 4. The highest BCUT2D eigenvalue weighted by molar-refractivity contribution is 5.94. The normalized spacial score (nSPS) is 13.7. The monoisotopic (exact) mass is 304 g/mol. The van der Waals surface area contributed by atoms with Crippen molar-refractivity contribution in [1.82, 2.24) is 19.7 Å². The smallest absolute Gasteiger partial charge is 0.254 e. The highest BCUT2D eigenvalue weighted by Gasteiger charge is 2.21. The SMILES string of the molecule is O=C(c1ccc(-n2cncn2)cc1)N1CCc2ccccc2C1. The molecular formula is C18H16N4O. The second-order valence-corrected chi connectivity index (χ2v) is 5.63. The molecule has 3 aromatic rings. The molecule has 5 nitrogen and oxygen atoms in total. The summed E-state index contributed by atoms with van der Waals surface area (Å²) >= 11 is 0. The summed E-state index contributed by atoms with van der Waals surface area (Å²) in [5.74, 6) is 0.0737. The molecule has 0 saturated carbocycles. The van der Waals surface area contributed by atoms with Gasteiger partial charge in [0.2, 0.25) is 0 Å². The second kappa shape index (κ2) is 5.68. The predicted octanol–water partition coefficient (Wildman–Crippen LogP) is 2.47. The molecule has 0 radical (unpaired) electrons. The summed E-state index contributed by atoms with van der Waals surface area (Å²) in [5, 5.41) is 4.09. The maximum atomic E-state index is 12.7. The molecule has 1 amide bonds. The van der Waals surface area contributed by atoms with Crippen molar-refractivity contribution in [3.8, 4) is 5.69 Å². The standard InChI is InChI=1S/C18H16N4O/c23-18(21-10-9-14-3-1-2-4-16(14)11-21)15-5-7-17(8-6-15)22-13-19-12-20-22/h1-8,12-13H,9-11H2. The van der Waals surface area contributed by atoms with Gasteiger partial charge in [-0.3, -0.25) is 4.79 Å². The van der Waals surface area contributed by atoms with E-state index in [0.717, 1.165) is 18.7 Å². The van der Waals surface area contributed by atoms with E-state index in [0.29, 0.717) is 12.1 Å². The first-order valence-corrected chi connectivity index (χ1v) is 7.62. The van der Waals surface area contributed by atoms with Gasteiger partial charge in [-0.1, -0.05) is 24.3 Å². The number of hydrogen-bond acceptors (Lipinski definition) is 3. The van der Waals surface area contributed by atoms with E-state index >= 15 is 0 Å². The van der Waals surface area contributed by atoms with E-state index in [1.54, 1.807) is 11.0 Å². The van der Waals surface area contributed by atoms with Crippen molar-refractivity contribution in [2.75, 3.05) is 6.54 Å². The zero-order chi connectivity index (χ0) is 15.6. The third-order valence-corrected chi connectivity index (χ3v) is 4.22. The Bertz CT molecular complexity index is 824. The van der Waals surface area contributed by atoms with Crippen LogP contribution in [0, 0.1) is 0 Å². The molecule has 2 aromatic carbocycles. The zero-order valence-electron chi connectivity index (χ0n) is 12.6. The van der Waals surface area contributed by atoms with E-state index < -0.39 is 0 Å². The van der Waals surface area contributed by atoms with Crippen LogP contribution in [0.3, 0.4) is 0 Å². The van der Waals surface area contributed by atoms with Gasteiger partial charge in [0.05, 0.1) is 5.69 Å². The molecule has 4 rings (SSSR count). The van der Waals surface area contributed by atoms with Gasteiger partial charge < -0.3 is 4.90 Å². The summed E-state index contributed by atoms with van der Waals surface area (Å²) in [6, 6.07) is 15.8. The van der Waals surface area contributed by atoms with E-state index in [4.69, 9.17) is 0 Å². The van der Waals surface area contributed by atoms with Gasteiger partial charge in [0, 0.05) is 18.7 Å². The number of rotatable bonds is 2. The summed E-state index contributed by atoms with van der Waals surface area (Å²) in [6.07, 6.45) is 4.04. The van der Waals surface area contributed by atoms with Gasteiger partial charge in [0.15, 0.2) is 0 Å². The molecule has 0 fully saturated rings. The molecule has 0 spiro atoms. The van der Waals surface area contributed by atoms with Gasteiger partial charge >= 0.3 is 0 Å². The Hall–Kier alpha value is -2.95. The Balaban J connectivity index is 1.53. The second-order valence-electron chi connectivity index (χ2n) is 5.63. The minimum atomic E-state index is 0.0737. The average Bonchev–Trinajstić information content (AvgIpc) is 3.15. The molecule has 114 valence electrons. The molecule has 0 atom stereocenters. The number of carbonyl (C=O) groups is 1. The van der Waals surface area contributed by atoms with E-state index in [1.807, 2.05) is 35.2 Å². The van der Waals surface area contributed by atoms with Gasteiger partial charge in [-0.2, -0.15) is 5.10 Å². The lowest BCUT2D eigenvalue weighted by atomic mass is 9.99. The molecule has 0 aliphatic carbocycles. The molecular weight excluding hydrogens is 288 g/mol. The van der Waals surface area contributed by atoms with E-state index in [9.17, 15) is 4.79 Å². The fourth-order valence-corrected chi connectivity index (χ4v) is 2.95. The lowest BCUT2D eigenvalue weighted by Gasteiger charge is -2.29. The summed E-state index contributed by atoms with van der Waals surface area (Å²) in [5.41, 5.74) is 4.18. The molecule has 23 heavy (non-hydrogen) atoms. The average molecular weight is 304 g/mol. The Morgan fingerprint density at radius 2 is 1.78 bits per heavy atom. The highest BCUT2D eigenvalue weighted by Crippen LogP contribution is 2.20. The fourth-order valence-electron chi connectivity index (χ4n) is 2.95. The van der Waals surface area contributed by atoms with Crippen molar-refractivity contribution < 1.29 is 4.79 Å². The number of hydrogen-bond donors (Lipinski definition) is 0. The summed E-state index contributed by atoms with van der Waals surface area (Å²) in [6.45, 7) is 1.44. The quantitative estimate of drug-likeness (QED) is 0.731. The zero-order valence-corrected chi connectivity index (χ0v) is 12.6. The molecule has 1 aromatic heterocycles. The van der Waals surface area contributed by atoms with Crippen LogP contribution in [0.4, 0.5) is 0 Å². The summed E-state index contributed by atoms with van der Waals surface area (Å²) in [4.78, 5) is 18.5. The number of benzene rings is 2. The van der Waals surface area contributed by atoms with Crippen LogP contribution in [-0.2, 0) is 13.0 Å². The van der Waals surface area contributed by atoms with Gasteiger partial charge in [-0.25, -0.2) is 9.67 Å². The number of fused-ring (bicyclic) bond motifs is 1. The Kier molecular flexibility index (Phi) is 3.38. The van der Waals surface area contributed by atoms with E-state index in [-0.39, 0.29) is 5.91 Å². The van der Waals surface area contributed by atoms with Crippen molar-refractivity contribution in [3.63, 3.8) is 0 Å². The fraction of sp³-hybridized carbons (Fsp3) is 0.167. The first-order valence-electron chi connectivity index (χ1n) is 7.62. The predicted molar refractivity (Wildman–Crippen MR) is 86.2 cm³/mol. The third-order valence-electron chi connectivity index (χ3n) is 4.22. The van der Waals surface area contributed by atoms with Crippen LogP contribution in [-0.4, -0.2) is 32.1 Å². The van der Waals surface area contributed by atoms with E-state index in [2.05, 4.69) is 28.3 Å². The van der Waals surface area contributed by atoms with Crippen LogP contribution in [0.2, 0.25) is 0 Å². The van der Waals surface area contributed by atoms with Gasteiger partial charge in [0.1, 0.15) is 12.7 Å². The third kappa shape index (κ3) is 2.61. The van der Waals surface area contributed by atoms with E-state index in [1.165, 1.54) is 17.5 Å². The number of carbonyl (C=O) groups excluding carboxylic acids is 1. The Labute approximate surface area is 134 Å². The van der Waals surface area contributed by atoms with Crippen LogP contribution >= 0.6 is 0 Å². The van der Waals surface area contributed by atoms with Crippen molar-refractivity contribution in [2.24, 2.45) is 0 Å². The molecule has 0 bridgehead atoms. The lowest BCUT2D eigenvalue weighted by Crippen LogP contribution is -2.35. The topological polar surface area (TPSA) is 51.0 Å². The van der Waals surface area contributed by atoms with Crippen LogP contribution in [0.25, 0.3) is 5.69 Å².